The molecule has 0 aromatic heterocycles. The Kier molecular flexibility index (Phi) is 6.80. The quantitative estimate of drug-likeness (QED) is 0.518. The maximum Gasteiger partial charge on any atom is 0.419 e. The second-order valence-electron chi connectivity index (χ2n) is 5.25. The number of benzene rings is 2. The Labute approximate surface area is 150 Å². The Morgan fingerprint density at radius 2 is 1.88 bits per heavy atom. The van der Waals surface area contributed by atoms with Crippen LogP contribution < -0.4 is 10.1 Å². The van der Waals surface area contributed by atoms with Gasteiger partial charge in [0.1, 0.15) is 18.2 Å². The van der Waals surface area contributed by atoms with E-state index < -0.39 is 17.6 Å². The van der Waals surface area contributed by atoms with Crippen molar-refractivity contribution >= 4 is 15.9 Å². The number of alkyl halides is 3. The number of aliphatic hydroxyl groups is 1. The maximum atomic E-state index is 13.3. The first kappa shape index (κ1) is 19.7. The first-order valence-electron chi connectivity index (χ1n) is 7.39. The molecular formula is C17H16BrF4NO2. The molecule has 0 aliphatic carbocycles. The highest BCUT2D eigenvalue weighted by Crippen LogP contribution is 2.32. The van der Waals surface area contributed by atoms with Crippen molar-refractivity contribution in [2.24, 2.45) is 0 Å². The summed E-state index contributed by atoms with van der Waals surface area (Å²) in [6, 6.07) is 8.04. The predicted molar refractivity (Wildman–Crippen MR) is 88.7 cm³/mol. The van der Waals surface area contributed by atoms with Crippen LogP contribution in [-0.4, -0.2) is 18.3 Å². The van der Waals surface area contributed by atoms with E-state index in [2.05, 4.69) is 21.2 Å². The van der Waals surface area contributed by atoms with Crippen molar-refractivity contribution in [2.75, 3.05) is 13.2 Å². The molecule has 0 amide bonds. The van der Waals surface area contributed by atoms with Crippen LogP contribution in [0.2, 0.25) is 0 Å². The summed E-state index contributed by atoms with van der Waals surface area (Å²) in [6.07, 6.45) is -4.75. The molecule has 0 fully saturated rings. The zero-order chi connectivity index (χ0) is 18.4. The van der Waals surface area contributed by atoms with Crippen LogP contribution in [-0.2, 0) is 19.3 Å². The summed E-state index contributed by atoms with van der Waals surface area (Å²) >= 11 is 3.34. The van der Waals surface area contributed by atoms with Gasteiger partial charge in [0.15, 0.2) is 0 Å². The van der Waals surface area contributed by atoms with E-state index in [4.69, 9.17) is 9.84 Å². The molecule has 0 aliphatic heterocycles. The second kappa shape index (κ2) is 8.64. The Hall–Kier alpha value is -1.64. The van der Waals surface area contributed by atoms with E-state index in [0.29, 0.717) is 18.8 Å². The van der Waals surface area contributed by atoms with Crippen LogP contribution in [0, 0.1) is 5.82 Å². The molecule has 2 aromatic carbocycles. The highest BCUT2D eigenvalue weighted by Gasteiger charge is 2.34. The zero-order valence-corrected chi connectivity index (χ0v) is 14.6. The molecule has 2 aromatic rings. The number of halogens is 5. The van der Waals surface area contributed by atoms with Crippen LogP contribution in [0.1, 0.15) is 16.7 Å². The van der Waals surface area contributed by atoms with Gasteiger partial charge in [0, 0.05) is 23.1 Å². The molecule has 0 heterocycles. The van der Waals surface area contributed by atoms with Gasteiger partial charge in [-0.3, -0.25) is 0 Å². The first-order chi connectivity index (χ1) is 11.8. The summed E-state index contributed by atoms with van der Waals surface area (Å²) in [5.74, 6) is -0.819. The van der Waals surface area contributed by atoms with Crippen LogP contribution in [0.15, 0.2) is 40.9 Å². The molecule has 0 atom stereocenters. The van der Waals surface area contributed by atoms with Gasteiger partial charge in [-0.2, -0.15) is 13.2 Å². The summed E-state index contributed by atoms with van der Waals surface area (Å²) in [7, 11) is 0. The van der Waals surface area contributed by atoms with Gasteiger partial charge in [0.05, 0.1) is 12.2 Å². The molecule has 2 N–H and O–H groups in total. The Balaban J connectivity index is 2.13. The minimum atomic E-state index is -4.75. The monoisotopic (exact) mass is 421 g/mol. The van der Waals surface area contributed by atoms with Crippen molar-refractivity contribution in [3.8, 4) is 5.75 Å². The standard InChI is InChI=1S/C17H16BrF4NO2/c18-13-2-4-16(12(8-13)9-23-5-6-24)25-10-11-1-3-15(19)14(7-11)17(20,21)22/h1-4,7-8,23-24H,5-6,9-10H2. The first-order valence-corrected chi connectivity index (χ1v) is 8.19. The number of hydrogen-bond donors (Lipinski definition) is 2. The van der Waals surface area contributed by atoms with Gasteiger partial charge < -0.3 is 15.2 Å². The molecule has 0 bridgehead atoms. The molecular weight excluding hydrogens is 406 g/mol. The zero-order valence-electron chi connectivity index (χ0n) is 13.0. The smallest absolute Gasteiger partial charge is 0.419 e. The topological polar surface area (TPSA) is 41.5 Å². The lowest BCUT2D eigenvalue weighted by Crippen LogP contribution is -2.18. The Bertz CT molecular complexity index is 722. The molecule has 8 heteroatoms. The van der Waals surface area contributed by atoms with E-state index in [1.165, 1.54) is 6.07 Å². The van der Waals surface area contributed by atoms with Gasteiger partial charge >= 0.3 is 6.18 Å². The van der Waals surface area contributed by atoms with Crippen molar-refractivity contribution in [3.63, 3.8) is 0 Å². The van der Waals surface area contributed by atoms with E-state index in [-0.39, 0.29) is 18.8 Å². The van der Waals surface area contributed by atoms with Crippen molar-refractivity contribution in [3.05, 3.63) is 63.4 Å². The number of nitrogens with one attached hydrogen (secondary N) is 1. The number of hydrogen-bond acceptors (Lipinski definition) is 3. The van der Waals surface area contributed by atoms with Gasteiger partial charge in [-0.15, -0.1) is 0 Å². The van der Waals surface area contributed by atoms with Crippen LogP contribution >= 0.6 is 15.9 Å². The second-order valence-corrected chi connectivity index (χ2v) is 6.17. The van der Waals surface area contributed by atoms with Gasteiger partial charge in [-0.05, 0) is 35.9 Å². The highest BCUT2D eigenvalue weighted by atomic mass is 79.9. The molecule has 0 saturated carbocycles. The minimum absolute atomic E-state index is 0.0139. The third kappa shape index (κ3) is 5.69. The van der Waals surface area contributed by atoms with E-state index in [1.807, 2.05) is 6.07 Å². The Morgan fingerprint density at radius 1 is 1.12 bits per heavy atom. The Morgan fingerprint density at radius 3 is 2.56 bits per heavy atom. The fourth-order valence-electron chi connectivity index (χ4n) is 2.17. The molecule has 0 spiro atoms. The van der Waals surface area contributed by atoms with Crippen LogP contribution in [0.25, 0.3) is 0 Å². The van der Waals surface area contributed by atoms with Crippen molar-refractivity contribution in [2.45, 2.75) is 19.3 Å². The summed E-state index contributed by atoms with van der Waals surface area (Å²) in [5, 5.41) is 11.8. The van der Waals surface area contributed by atoms with E-state index >= 15 is 0 Å². The van der Waals surface area contributed by atoms with E-state index in [0.717, 1.165) is 22.2 Å². The van der Waals surface area contributed by atoms with Crippen LogP contribution in [0.4, 0.5) is 17.6 Å². The molecule has 2 rings (SSSR count). The van der Waals surface area contributed by atoms with Crippen molar-refractivity contribution in [1.82, 2.24) is 5.32 Å². The predicted octanol–water partition coefficient (Wildman–Crippen LogP) is 4.27. The summed E-state index contributed by atoms with van der Waals surface area (Å²) in [5.41, 5.74) is -0.318. The van der Waals surface area contributed by atoms with Crippen LogP contribution in [0.3, 0.4) is 0 Å². The summed E-state index contributed by atoms with van der Waals surface area (Å²) in [6.45, 7) is 0.684. The number of ether oxygens (including phenoxy) is 1. The minimum Gasteiger partial charge on any atom is -0.489 e. The summed E-state index contributed by atoms with van der Waals surface area (Å²) in [4.78, 5) is 0. The van der Waals surface area contributed by atoms with Crippen LogP contribution in [0.5, 0.6) is 5.75 Å². The normalized spacial score (nSPS) is 11.6. The molecule has 0 aliphatic rings. The lowest BCUT2D eigenvalue weighted by molar-refractivity contribution is -0.140. The van der Waals surface area contributed by atoms with E-state index in [1.54, 1.807) is 12.1 Å². The van der Waals surface area contributed by atoms with Gasteiger partial charge in [0.2, 0.25) is 0 Å². The SMILES string of the molecule is OCCNCc1cc(Br)ccc1OCc1ccc(F)c(C(F)(F)F)c1. The van der Waals surface area contributed by atoms with Gasteiger partial charge in [-0.1, -0.05) is 22.0 Å². The third-order valence-corrected chi connectivity index (χ3v) is 3.85. The summed E-state index contributed by atoms with van der Waals surface area (Å²) < 4.78 is 58.0. The third-order valence-electron chi connectivity index (χ3n) is 3.36. The van der Waals surface area contributed by atoms with Crippen molar-refractivity contribution < 1.29 is 27.4 Å². The maximum absolute atomic E-state index is 13.3. The average Bonchev–Trinajstić information content (AvgIpc) is 2.54. The number of aliphatic hydroxyl groups excluding tert-OH is 1. The largest absolute Gasteiger partial charge is 0.489 e. The lowest BCUT2D eigenvalue weighted by Gasteiger charge is -2.14. The molecule has 25 heavy (non-hydrogen) atoms. The number of rotatable bonds is 7. The fraction of sp³-hybridized carbons (Fsp3) is 0.294. The highest BCUT2D eigenvalue weighted by molar-refractivity contribution is 9.10. The molecule has 3 nitrogen and oxygen atoms in total. The van der Waals surface area contributed by atoms with Gasteiger partial charge in [0.25, 0.3) is 0 Å². The molecule has 0 unspecified atom stereocenters. The average molecular weight is 422 g/mol. The molecule has 136 valence electrons. The van der Waals surface area contributed by atoms with Crippen molar-refractivity contribution in [1.29, 1.82) is 0 Å². The fourth-order valence-corrected chi connectivity index (χ4v) is 2.58. The lowest BCUT2D eigenvalue weighted by atomic mass is 10.1. The molecule has 0 radical (unpaired) electrons. The van der Waals surface area contributed by atoms with Gasteiger partial charge in [-0.25, -0.2) is 4.39 Å². The molecule has 0 saturated heterocycles. The van der Waals surface area contributed by atoms with E-state index in [9.17, 15) is 17.6 Å².